The van der Waals surface area contributed by atoms with Crippen LogP contribution in [0.3, 0.4) is 0 Å². The van der Waals surface area contributed by atoms with Crippen molar-refractivity contribution in [2.24, 2.45) is 16.8 Å². The number of halogens is 2. The van der Waals surface area contributed by atoms with Crippen LogP contribution < -0.4 is 21.5 Å². The summed E-state index contributed by atoms with van der Waals surface area (Å²) in [6, 6.07) is 0.258. The van der Waals surface area contributed by atoms with Gasteiger partial charge in [-0.05, 0) is 78.1 Å². The number of hydrogen-bond acceptors (Lipinski definition) is 4. The molecule has 166 valence electrons. The first-order valence-corrected chi connectivity index (χ1v) is 11.2. The lowest BCUT2D eigenvalue weighted by Gasteiger charge is -2.28. The highest BCUT2D eigenvalue weighted by Gasteiger charge is 2.34. The minimum Gasteiger partial charge on any atom is -0.351 e. The zero-order valence-corrected chi connectivity index (χ0v) is 17.9. The Balaban J connectivity index is 1.60. The molecular weight excluding hydrogens is 376 g/mol. The summed E-state index contributed by atoms with van der Waals surface area (Å²) in [5.41, 5.74) is 6.25. The Hall–Kier alpha value is -1.28. The van der Waals surface area contributed by atoms with Crippen molar-refractivity contribution in [3.8, 4) is 0 Å². The highest BCUT2D eigenvalue weighted by Crippen LogP contribution is 2.31. The van der Waals surface area contributed by atoms with Crippen molar-refractivity contribution in [3.05, 3.63) is 0 Å². The number of hydrazine groups is 1. The third-order valence-electron chi connectivity index (χ3n) is 6.18. The van der Waals surface area contributed by atoms with Gasteiger partial charge >= 0.3 is 0 Å². The molecule has 0 radical (unpaired) electrons. The predicted molar refractivity (Wildman–Crippen MR) is 111 cm³/mol. The van der Waals surface area contributed by atoms with Gasteiger partial charge in [-0.15, -0.1) is 0 Å². The summed E-state index contributed by atoms with van der Waals surface area (Å²) in [4.78, 5) is 17.4. The molecule has 0 aromatic rings. The number of guanidine groups is 1. The quantitative estimate of drug-likeness (QED) is 0.424. The Bertz CT molecular complexity index is 586. The normalized spacial score (nSPS) is 36.7. The third-order valence-corrected chi connectivity index (χ3v) is 6.18. The summed E-state index contributed by atoms with van der Waals surface area (Å²) in [5, 5.41) is 6.18. The summed E-state index contributed by atoms with van der Waals surface area (Å²) in [7, 11) is 0. The summed E-state index contributed by atoms with van der Waals surface area (Å²) in [6.45, 7) is 6.02. The van der Waals surface area contributed by atoms with E-state index in [4.69, 9.17) is 4.99 Å². The average Bonchev–Trinajstić information content (AvgIpc) is 3.09. The van der Waals surface area contributed by atoms with Crippen LogP contribution in [0.1, 0.15) is 78.6 Å². The van der Waals surface area contributed by atoms with Gasteiger partial charge in [0.05, 0.1) is 0 Å². The summed E-state index contributed by atoms with van der Waals surface area (Å²) < 4.78 is 27.1. The van der Waals surface area contributed by atoms with Gasteiger partial charge in [-0.25, -0.2) is 19.2 Å². The zero-order chi connectivity index (χ0) is 21.0. The highest BCUT2D eigenvalue weighted by molar-refractivity contribution is 5.98. The van der Waals surface area contributed by atoms with E-state index in [1.54, 1.807) is 0 Å². The summed E-state index contributed by atoms with van der Waals surface area (Å²) in [5.74, 6) is 0.415. The molecule has 0 aromatic heterocycles. The second-order valence-corrected chi connectivity index (χ2v) is 9.96. The first kappa shape index (κ1) is 22.4. The fourth-order valence-corrected chi connectivity index (χ4v) is 4.63. The molecule has 3 fully saturated rings. The molecule has 3 rings (SSSR count). The molecule has 2 aliphatic carbocycles. The molecule has 1 aliphatic heterocycles. The van der Waals surface area contributed by atoms with E-state index >= 15 is 0 Å². The molecule has 1 saturated heterocycles. The second kappa shape index (κ2) is 9.69. The molecule has 0 spiro atoms. The van der Waals surface area contributed by atoms with Crippen molar-refractivity contribution in [3.63, 3.8) is 0 Å². The number of alkyl halides is 2. The minimum atomic E-state index is -0.892. The number of carbonyl (C=O) groups is 1. The van der Waals surface area contributed by atoms with Crippen molar-refractivity contribution < 1.29 is 13.6 Å². The van der Waals surface area contributed by atoms with Crippen LogP contribution in [0.25, 0.3) is 0 Å². The van der Waals surface area contributed by atoms with Crippen molar-refractivity contribution in [1.82, 2.24) is 21.5 Å². The molecule has 4 atom stereocenters. The molecule has 3 aliphatic rings. The van der Waals surface area contributed by atoms with Crippen molar-refractivity contribution in [1.29, 1.82) is 0 Å². The number of hydrogen-bond donors (Lipinski definition) is 4. The van der Waals surface area contributed by atoms with Crippen molar-refractivity contribution >= 4 is 11.9 Å². The van der Waals surface area contributed by atoms with Crippen LogP contribution in [-0.4, -0.2) is 42.0 Å². The average molecular weight is 414 g/mol. The van der Waals surface area contributed by atoms with Gasteiger partial charge in [0.25, 0.3) is 0 Å². The van der Waals surface area contributed by atoms with E-state index in [0.29, 0.717) is 31.1 Å². The first-order chi connectivity index (χ1) is 13.7. The molecule has 0 aromatic carbocycles. The van der Waals surface area contributed by atoms with Gasteiger partial charge in [0, 0.05) is 23.9 Å². The van der Waals surface area contributed by atoms with Crippen LogP contribution >= 0.6 is 0 Å². The molecule has 6 nitrogen and oxygen atoms in total. The molecule has 8 heteroatoms. The van der Waals surface area contributed by atoms with Gasteiger partial charge in [0.15, 0.2) is 5.96 Å². The third kappa shape index (κ3) is 6.88. The van der Waals surface area contributed by atoms with Crippen molar-refractivity contribution in [2.45, 2.75) is 109 Å². The van der Waals surface area contributed by atoms with Gasteiger partial charge in [0.1, 0.15) is 18.5 Å². The summed E-state index contributed by atoms with van der Waals surface area (Å²) in [6.07, 6.45) is 4.45. The van der Waals surface area contributed by atoms with E-state index in [1.165, 1.54) is 0 Å². The van der Waals surface area contributed by atoms with E-state index in [2.05, 4.69) is 21.5 Å². The SMILES string of the molecule is CC(C)(C)N/C(=N\C1CC(C2CCC(F)CC2)NN1)NC(=O)C1CCCC(F)C1. The maximum absolute atomic E-state index is 13.7. The predicted octanol–water partition coefficient (Wildman–Crippen LogP) is 3.10. The summed E-state index contributed by atoms with van der Waals surface area (Å²) >= 11 is 0. The van der Waals surface area contributed by atoms with Gasteiger partial charge in [0.2, 0.25) is 5.91 Å². The number of aliphatic imine (C=N–C) groups is 1. The molecule has 1 heterocycles. The largest absolute Gasteiger partial charge is 0.351 e. The standard InChI is InChI=1S/C21H37F2N5O/c1-21(2,3)26-20(25-19(29)14-5-4-6-16(23)11-14)24-18-12-17(27-28-18)13-7-9-15(22)10-8-13/h13-18,27-28H,4-12H2,1-3H3,(H2,24,25,26,29). The Morgan fingerprint density at radius 2 is 1.69 bits per heavy atom. The molecule has 4 N–H and O–H groups in total. The molecule has 29 heavy (non-hydrogen) atoms. The number of nitrogens with zero attached hydrogens (tertiary/aromatic N) is 1. The van der Waals surface area contributed by atoms with Crippen LogP contribution in [0.2, 0.25) is 0 Å². The smallest absolute Gasteiger partial charge is 0.229 e. The van der Waals surface area contributed by atoms with Gasteiger partial charge in [-0.2, -0.15) is 0 Å². The second-order valence-electron chi connectivity index (χ2n) is 9.96. The number of nitrogens with one attached hydrogen (secondary N) is 4. The minimum absolute atomic E-state index is 0.161. The molecule has 4 unspecified atom stereocenters. The number of carbonyl (C=O) groups excluding carboxylic acids is 1. The number of rotatable bonds is 3. The van der Waals surface area contributed by atoms with Gasteiger partial charge in [-0.3, -0.25) is 15.5 Å². The van der Waals surface area contributed by atoms with E-state index < -0.39 is 12.3 Å². The van der Waals surface area contributed by atoms with Crippen molar-refractivity contribution in [2.75, 3.05) is 0 Å². The highest BCUT2D eigenvalue weighted by atomic mass is 19.1. The van der Waals surface area contributed by atoms with Gasteiger partial charge < -0.3 is 5.32 Å². The van der Waals surface area contributed by atoms with Crippen LogP contribution in [0.15, 0.2) is 4.99 Å². The Morgan fingerprint density at radius 3 is 2.34 bits per heavy atom. The Morgan fingerprint density at radius 1 is 0.966 bits per heavy atom. The van der Waals surface area contributed by atoms with E-state index in [9.17, 15) is 13.6 Å². The van der Waals surface area contributed by atoms with E-state index in [-0.39, 0.29) is 36.0 Å². The topological polar surface area (TPSA) is 77.6 Å². The first-order valence-electron chi connectivity index (χ1n) is 11.2. The fourth-order valence-electron chi connectivity index (χ4n) is 4.63. The van der Waals surface area contributed by atoms with Crippen LogP contribution in [0, 0.1) is 11.8 Å². The zero-order valence-electron chi connectivity index (χ0n) is 17.9. The van der Waals surface area contributed by atoms with E-state index in [0.717, 1.165) is 32.1 Å². The van der Waals surface area contributed by atoms with Crippen LogP contribution in [0.4, 0.5) is 8.78 Å². The maximum atomic E-state index is 13.7. The molecular formula is C21H37F2N5O. The lowest BCUT2D eigenvalue weighted by atomic mass is 9.82. The van der Waals surface area contributed by atoms with Crippen LogP contribution in [-0.2, 0) is 4.79 Å². The maximum Gasteiger partial charge on any atom is 0.229 e. The lowest BCUT2D eigenvalue weighted by molar-refractivity contribution is -0.125. The van der Waals surface area contributed by atoms with Crippen LogP contribution in [0.5, 0.6) is 0 Å². The van der Waals surface area contributed by atoms with E-state index in [1.807, 2.05) is 20.8 Å². The molecule has 2 saturated carbocycles. The lowest BCUT2D eigenvalue weighted by Crippen LogP contribution is -2.52. The Kier molecular flexibility index (Phi) is 7.48. The number of amides is 1. The van der Waals surface area contributed by atoms with Gasteiger partial charge in [-0.1, -0.05) is 0 Å². The fraction of sp³-hybridized carbons (Fsp3) is 0.905. The monoisotopic (exact) mass is 413 g/mol. The molecule has 1 amide bonds. The Labute approximate surface area is 173 Å². The molecule has 0 bridgehead atoms.